The van der Waals surface area contributed by atoms with E-state index >= 15 is 0 Å². The van der Waals surface area contributed by atoms with Crippen molar-refractivity contribution >= 4 is 21.8 Å². The van der Waals surface area contributed by atoms with Crippen molar-refractivity contribution in [2.75, 3.05) is 6.54 Å². The van der Waals surface area contributed by atoms with E-state index in [-0.39, 0.29) is 5.91 Å². The molecule has 2 aromatic rings. The number of nitrogens with zero attached hydrogens (tertiary/aromatic N) is 3. The number of halogens is 1. The number of carbonyl (C=O) groups is 1. The van der Waals surface area contributed by atoms with Crippen molar-refractivity contribution in [2.45, 2.75) is 39.2 Å². The third kappa shape index (κ3) is 2.82. The summed E-state index contributed by atoms with van der Waals surface area (Å²) in [5.74, 6) is 0.105. The summed E-state index contributed by atoms with van der Waals surface area (Å²) in [4.78, 5) is 14.8. The highest BCUT2D eigenvalue weighted by Crippen LogP contribution is 2.22. The van der Waals surface area contributed by atoms with Crippen LogP contribution in [-0.4, -0.2) is 33.2 Å². The highest BCUT2D eigenvalue weighted by atomic mass is 79.9. The zero-order valence-electron chi connectivity index (χ0n) is 12.9. The molecule has 1 saturated heterocycles. The number of carbonyl (C=O) groups excluding carboxylic acids is 1. The molecule has 2 heterocycles. The van der Waals surface area contributed by atoms with Gasteiger partial charge < -0.3 is 4.90 Å². The number of rotatable bonds is 2. The molecule has 1 aromatic carbocycles. The van der Waals surface area contributed by atoms with E-state index in [9.17, 15) is 4.79 Å². The minimum Gasteiger partial charge on any atom is -0.336 e. The Morgan fingerprint density at radius 1 is 1.27 bits per heavy atom. The Kier molecular flexibility index (Phi) is 4.34. The number of likely N-dealkylation sites (tertiary alicyclic amines) is 1. The van der Waals surface area contributed by atoms with Gasteiger partial charge in [0.25, 0.3) is 5.91 Å². The Balaban J connectivity index is 1.89. The highest BCUT2D eigenvalue weighted by Gasteiger charge is 2.26. The third-order valence-corrected chi connectivity index (χ3v) is 4.90. The van der Waals surface area contributed by atoms with Gasteiger partial charge in [-0.15, -0.1) is 0 Å². The fourth-order valence-corrected chi connectivity index (χ4v) is 3.28. The molecule has 0 N–H and O–H groups in total. The van der Waals surface area contributed by atoms with Gasteiger partial charge in [0.2, 0.25) is 0 Å². The van der Waals surface area contributed by atoms with Crippen LogP contribution in [-0.2, 0) is 0 Å². The molecule has 22 heavy (non-hydrogen) atoms. The van der Waals surface area contributed by atoms with Gasteiger partial charge in [0, 0.05) is 17.1 Å². The number of benzene rings is 1. The van der Waals surface area contributed by atoms with Crippen molar-refractivity contribution in [3.8, 4) is 5.69 Å². The minimum absolute atomic E-state index is 0.105. The highest BCUT2D eigenvalue weighted by molar-refractivity contribution is 9.10. The van der Waals surface area contributed by atoms with Gasteiger partial charge in [0.15, 0.2) is 0 Å². The molecule has 0 saturated carbocycles. The average Bonchev–Trinajstić information content (AvgIpc) is 2.90. The van der Waals surface area contributed by atoms with Crippen LogP contribution in [0, 0.1) is 6.92 Å². The first-order valence-corrected chi connectivity index (χ1v) is 8.49. The van der Waals surface area contributed by atoms with Crippen LogP contribution in [0.4, 0.5) is 0 Å². The van der Waals surface area contributed by atoms with Crippen molar-refractivity contribution in [3.05, 3.63) is 46.2 Å². The van der Waals surface area contributed by atoms with E-state index < -0.39 is 0 Å². The van der Waals surface area contributed by atoms with Crippen molar-refractivity contribution in [1.29, 1.82) is 0 Å². The summed E-state index contributed by atoms with van der Waals surface area (Å²) in [5, 5.41) is 4.41. The molecule has 1 aliphatic rings. The quantitative estimate of drug-likeness (QED) is 0.811. The van der Waals surface area contributed by atoms with E-state index in [1.54, 1.807) is 6.20 Å². The fraction of sp³-hybridized carbons (Fsp3) is 0.412. The second-order valence-corrected chi connectivity index (χ2v) is 6.79. The predicted octanol–water partition coefficient (Wildman–Crippen LogP) is 3.96. The molecule has 0 radical (unpaired) electrons. The summed E-state index contributed by atoms with van der Waals surface area (Å²) in [7, 11) is 0. The smallest absolute Gasteiger partial charge is 0.257 e. The van der Waals surface area contributed by atoms with E-state index in [1.807, 2.05) is 40.8 Å². The van der Waals surface area contributed by atoms with Gasteiger partial charge in [-0.3, -0.25) is 4.79 Å². The lowest BCUT2D eigenvalue weighted by Crippen LogP contribution is -2.42. The van der Waals surface area contributed by atoms with Gasteiger partial charge in [0.05, 0.1) is 23.1 Å². The Morgan fingerprint density at radius 2 is 2.00 bits per heavy atom. The SMILES string of the molecule is Cc1c(C(=O)N2CCCC[C@H]2C)cnn1-c1ccc(Br)cc1. The lowest BCUT2D eigenvalue weighted by atomic mass is 10.0. The van der Waals surface area contributed by atoms with Crippen LogP contribution >= 0.6 is 15.9 Å². The second-order valence-electron chi connectivity index (χ2n) is 5.88. The van der Waals surface area contributed by atoms with Crippen molar-refractivity contribution in [3.63, 3.8) is 0 Å². The van der Waals surface area contributed by atoms with Gasteiger partial charge in [-0.05, 0) is 57.4 Å². The zero-order chi connectivity index (χ0) is 15.7. The van der Waals surface area contributed by atoms with Crippen LogP contribution in [0.5, 0.6) is 0 Å². The average molecular weight is 362 g/mol. The summed E-state index contributed by atoms with van der Waals surface area (Å²) >= 11 is 3.43. The van der Waals surface area contributed by atoms with Crippen molar-refractivity contribution in [2.24, 2.45) is 0 Å². The maximum atomic E-state index is 12.8. The lowest BCUT2D eigenvalue weighted by Gasteiger charge is -2.33. The molecule has 0 spiro atoms. The summed E-state index contributed by atoms with van der Waals surface area (Å²) in [6.45, 7) is 4.94. The third-order valence-electron chi connectivity index (χ3n) is 4.38. The molecular formula is C17H20BrN3O. The number of hydrogen-bond acceptors (Lipinski definition) is 2. The minimum atomic E-state index is 0.105. The predicted molar refractivity (Wildman–Crippen MR) is 90.4 cm³/mol. The van der Waals surface area contributed by atoms with E-state index in [0.717, 1.165) is 35.2 Å². The first-order chi connectivity index (χ1) is 10.6. The molecular weight excluding hydrogens is 342 g/mol. The number of piperidine rings is 1. The Morgan fingerprint density at radius 3 is 2.68 bits per heavy atom. The van der Waals surface area contributed by atoms with Crippen molar-refractivity contribution in [1.82, 2.24) is 14.7 Å². The van der Waals surface area contributed by atoms with E-state index in [2.05, 4.69) is 28.0 Å². The van der Waals surface area contributed by atoms with Crippen molar-refractivity contribution < 1.29 is 4.79 Å². The maximum Gasteiger partial charge on any atom is 0.257 e. The molecule has 1 aliphatic heterocycles. The summed E-state index contributed by atoms with van der Waals surface area (Å²) in [6, 6.07) is 8.25. The van der Waals surface area contributed by atoms with Crippen LogP contribution in [0.2, 0.25) is 0 Å². The van der Waals surface area contributed by atoms with Gasteiger partial charge in [0.1, 0.15) is 0 Å². The normalized spacial score (nSPS) is 18.5. The number of amides is 1. The fourth-order valence-electron chi connectivity index (χ4n) is 3.02. The van der Waals surface area contributed by atoms with Crippen LogP contribution in [0.15, 0.2) is 34.9 Å². The largest absolute Gasteiger partial charge is 0.336 e. The van der Waals surface area contributed by atoms with Crippen LogP contribution in [0.3, 0.4) is 0 Å². The second kappa shape index (κ2) is 6.24. The summed E-state index contributed by atoms with van der Waals surface area (Å²) < 4.78 is 2.85. The summed E-state index contributed by atoms with van der Waals surface area (Å²) in [6.07, 6.45) is 5.09. The first kappa shape index (κ1) is 15.3. The topological polar surface area (TPSA) is 38.1 Å². The molecule has 1 amide bonds. The Hall–Kier alpha value is -1.62. The zero-order valence-corrected chi connectivity index (χ0v) is 14.5. The molecule has 116 valence electrons. The molecule has 1 fully saturated rings. The molecule has 1 atom stereocenters. The van der Waals surface area contributed by atoms with Crippen LogP contribution in [0.1, 0.15) is 42.2 Å². The monoisotopic (exact) mass is 361 g/mol. The first-order valence-electron chi connectivity index (χ1n) is 7.69. The number of hydrogen-bond donors (Lipinski definition) is 0. The maximum absolute atomic E-state index is 12.8. The standard InChI is InChI=1S/C17H20BrN3O/c1-12-5-3-4-10-20(12)17(22)16-11-19-21(13(16)2)15-8-6-14(18)7-9-15/h6-9,11-12H,3-5,10H2,1-2H3/t12-/m1/s1. The summed E-state index contributed by atoms with van der Waals surface area (Å²) in [5.41, 5.74) is 2.56. The van der Waals surface area contributed by atoms with Gasteiger partial charge in [-0.25, -0.2) is 4.68 Å². The van der Waals surface area contributed by atoms with Gasteiger partial charge in [-0.1, -0.05) is 15.9 Å². The lowest BCUT2D eigenvalue weighted by molar-refractivity contribution is 0.0635. The molecule has 4 nitrogen and oxygen atoms in total. The molecule has 0 aliphatic carbocycles. The molecule has 1 aromatic heterocycles. The van der Waals surface area contributed by atoms with Gasteiger partial charge in [-0.2, -0.15) is 5.10 Å². The van der Waals surface area contributed by atoms with E-state index in [0.29, 0.717) is 11.6 Å². The molecule has 3 rings (SSSR count). The van der Waals surface area contributed by atoms with E-state index in [1.165, 1.54) is 6.42 Å². The van der Waals surface area contributed by atoms with Gasteiger partial charge >= 0.3 is 0 Å². The van der Waals surface area contributed by atoms with E-state index in [4.69, 9.17) is 0 Å². The van der Waals surface area contributed by atoms with Crippen LogP contribution < -0.4 is 0 Å². The molecule has 0 unspecified atom stereocenters. The van der Waals surface area contributed by atoms with Crippen LogP contribution in [0.25, 0.3) is 5.69 Å². The number of aromatic nitrogens is 2. The Bertz CT molecular complexity index is 678. The molecule has 5 heteroatoms. The molecule has 0 bridgehead atoms. The Labute approximate surface area is 139 Å².